The zero-order chi connectivity index (χ0) is 30.5. The summed E-state index contributed by atoms with van der Waals surface area (Å²) >= 11 is 0. The molecule has 0 bridgehead atoms. The van der Waals surface area contributed by atoms with Gasteiger partial charge in [0.05, 0.1) is 16.1 Å². The second-order valence-corrected chi connectivity index (χ2v) is 11.2. The van der Waals surface area contributed by atoms with Crippen LogP contribution in [0.2, 0.25) is 0 Å². The van der Waals surface area contributed by atoms with E-state index in [4.69, 9.17) is 0 Å². The summed E-state index contributed by atoms with van der Waals surface area (Å²) in [6.07, 6.45) is -4.16. The van der Waals surface area contributed by atoms with E-state index in [1.807, 2.05) is 0 Å². The van der Waals surface area contributed by atoms with Crippen molar-refractivity contribution in [1.29, 1.82) is 0 Å². The van der Waals surface area contributed by atoms with Crippen LogP contribution in [0.4, 0.5) is 36.8 Å². The Balaban J connectivity index is 1.84. The zero-order valence-electron chi connectivity index (χ0n) is 21.0. The highest BCUT2D eigenvalue weighted by atomic mass is 32.2. The van der Waals surface area contributed by atoms with E-state index in [9.17, 15) is 49.1 Å². The van der Waals surface area contributed by atoms with E-state index in [1.54, 1.807) is 38.1 Å². The highest BCUT2D eigenvalue weighted by Gasteiger charge is 2.56. The maximum absolute atomic E-state index is 13.7. The van der Waals surface area contributed by atoms with E-state index in [2.05, 4.69) is 9.82 Å². The van der Waals surface area contributed by atoms with Crippen molar-refractivity contribution < 1.29 is 54.0 Å². The number of anilines is 1. The van der Waals surface area contributed by atoms with Gasteiger partial charge in [-0.25, -0.2) is 22.9 Å². The highest BCUT2D eigenvalue weighted by molar-refractivity contribution is 7.92. The molecule has 0 aliphatic carbocycles. The van der Waals surface area contributed by atoms with Gasteiger partial charge in [0.15, 0.2) is 6.04 Å². The standard InChI is InChI=1S/C25H19F6N3O6S/c1-13(2)19(17-11-12-32-18-6-4-3-5-16(17)18)20-21(35)33(23(37)34(20)40-22(36)24(26,27)28)14-7-9-15(10-8-14)41(38,39)25(29,30)31/h3-13,19-20H,1-2H3/t19-,20-/m1/s1. The van der Waals surface area contributed by atoms with Crippen molar-refractivity contribution in [2.75, 3.05) is 4.90 Å². The van der Waals surface area contributed by atoms with Crippen LogP contribution in [0.3, 0.4) is 0 Å². The van der Waals surface area contributed by atoms with E-state index >= 15 is 0 Å². The number of amides is 3. The number of pyridine rings is 1. The normalized spacial score (nSPS) is 17.4. The third-order valence-corrected chi connectivity index (χ3v) is 7.83. The lowest BCUT2D eigenvalue weighted by atomic mass is 9.80. The monoisotopic (exact) mass is 603 g/mol. The van der Waals surface area contributed by atoms with Crippen LogP contribution in [0.5, 0.6) is 0 Å². The first kappa shape index (κ1) is 29.8. The Bertz CT molecular complexity index is 1620. The Kier molecular flexibility index (Phi) is 7.49. The average Bonchev–Trinajstić information content (AvgIpc) is 3.12. The first-order valence-corrected chi connectivity index (χ1v) is 13.2. The number of imide groups is 1. The topological polar surface area (TPSA) is 114 Å². The fourth-order valence-corrected chi connectivity index (χ4v) is 5.29. The number of sulfone groups is 1. The number of rotatable bonds is 6. The first-order chi connectivity index (χ1) is 19.0. The third-order valence-electron chi connectivity index (χ3n) is 6.33. The molecule has 3 amide bonds. The number of halogens is 6. The molecule has 3 aromatic rings. The number of hydrogen-bond donors (Lipinski definition) is 0. The highest BCUT2D eigenvalue weighted by Crippen LogP contribution is 2.41. The lowest BCUT2D eigenvalue weighted by molar-refractivity contribution is -0.231. The number of para-hydroxylation sites is 1. The van der Waals surface area contributed by atoms with Gasteiger partial charge in [0.2, 0.25) is 0 Å². The van der Waals surface area contributed by atoms with E-state index in [-0.39, 0.29) is 5.06 Å². The molecule has 4 rings (SSSR count). The maximum atomic E-state index is 13.7. The SMILES string of the molecule is CC(C)[C@H](c1ccnc2ccccc12)[C@@H]1C(=O)N(c2ccc(S(=O)(=O)C(F)(F)F)cc2)C(=O)N1OC(=O)C(F)(F)F. The summed E-state index contributed by atoms with van der Waals surface area (Å²) in [4.78, 5) is 46.6. The summed E-state index contributed by atoms with van der Waals surface area (Å²) in [7, 11) is -5.78. The molecule has 0 radical (unpaired) electrons. The number of hydrogen-bond acceptors (Lipinski definition) is 7. The number of aromatic nitrogens is 1. The van der Waals surface area contributed by atoms with Crippen molar-refractivity contribution in [3.05, 3.63) is 66.4 Å². The summed E-state index contributed by atoms with van der Waals surface area (Å²) in [5, 5.41) is 0.481. The number of alkyl halides is 6. The van der Waals surface area contributed by atoms with Gasteiger partial charge < -0.3 is 4.84 Å². The van der Waals surface area contributed by atoms with Gasteiger partial charge in [0.1, 0.15) is 0 Å². The minimum atomic E-state index is -5.78. The smallest absolute Gasteiger partial charge is 0.327 e. The number of urea groups is 1. The fraction of sp³-hybridized carbons (Fsp3) is 0.280. The van der Waals surface area contributed by atoms with E-state index in [0.717, 1.165) is 0 Å². The van der Waals surface area contributed by atoms with Crippen molar-refractivity contribution >= 4 is 44.3 Å². The molecule has 2 aromatic carbocycles. The zero-order valence-corrected chi connectivity index (χ0v) is 21.8. The van der Waals surface area contributed by atoms with Crippen molar-refractivity contribution in [3.8, 4) is 0 Å². The van der Waals surface area contributed by atoms with Crippen LogP contribution in [0.1, 0.15) is 25.3 Å². The van der Waals surface area contributed by atoms with Gasteiger partial charge in [0.25, 0.3) is 15.7 Å². The minimum Gasteiger partial charge on any atom is -0.327 e. The second-order valence-electron chi connectivity index (χ2n) is 9.23. The molecule has 1 fully saturated rings. The molecule has 9 nitrogen and oxygen atoms in total. The quantitative estimate of drug-likeness (QED) is 0.284. The van der Waals surface area contributed by atoms with Crippen LogP contribution in [-0.4, -0.2) is 54.1 Å². The summed E-state index contributed by atoms with van der Waals surface area (Å²) in [6.45, 7) is 3.22. The number of benzene rings is 2. The molecule has 1 aliphatic rings. The van der Waals surface area contributed by atoms with Gasteiger partial charge in [-0.2, -0.15) is 26.3 Å². The van der Waals surface area contributed by atoms with Gasteiger partial charge in [-0.1, -0.05) is 32.0 Å². The molecule has 0 saturated carbocycles. The summed E-state index contributed by atoms with van der Waals surface area (Å²) in [6, 6.07) is 7.06. The molecule has 41 heavy (non-hydrogen) atoms. The number of nitrogens with zero attached hydrogens (tertiary/aromatic N) is 3. The van der Waals surface area contributed by atoms with E-state index in [1.165, 1.54) is 12.3 Å². The molecular formula is C25H19F6N3O6S. The molecule has 1 saturated heterocycles. The molecule has 0 spiro atoms. The molecule has 16 heteroatoms. The molecule has 0 unspecified atom stereocenters. The Labute approximate surface area is 228 Å². The predicted molar refractivity (Wildman–Crippen MR) is 130 cm³/mol. The number of fused-ring (bicyclic) bond motifs is 1. The van der Waals surface area contributed by atoms with Crippen LogP contribution in [0.15, 0.2) is 65.7 Å². The predicted octanol–water partition coefficient (Wildman–Crippen LogP) is 5.13. The second kappa shape index (κ2) is 10.3. The molecule has 218 valence electrons. The number of carbonyl (C=O) groups is 3. The lowest BCUT2D eigenvalue weighted by Gasteiger charge is -2.31. The van der Waals surface area contributed by atoms with Crippen LogP contribution in [-0.2, 0) is 24.3 Å². The van der Waals surface area contributed by atoms with Crippen LogP contribution < -0.4 is 4.90 Å². The van der Waals surface area contributed by atoms with E-state index < -0.39 is 67.9 Å². The van der Waals surface area contributed by atoms with Gasteiger partial charge in [-0.15, -0.1) is 5.06 Å². The van der Waals surface area contributed by atoms with Crippen molar-refractivity contribution in [2.45, 2.75) is 42.4 Å². The third kappa shape index (κ3) is 5.30. The van der Waals surface area contributed by atoms with Crippen LogP contribution in [0, 0.1) is 5.92 Å². The van der Waals surface area contributed by atoms with Crippen molar-refractivity contribution in [2.24, 2.45) is 5.92 Å². The Hall–Kier alpha value is -4.21. The first-order valence-electron chi connectivity index (χ1n) is 11.7. The molecule has 2 heterocycles. The maximum Gasteiger partial charge on any atom is 0.501 e. The summed E-state index contributed by atoms with van der Waals surface area (Å²) in [5.41, 5.74) is -5.26. The summed E-state index contributed by atoms with van der Waals surface area (Å²) in [5.74, 6) is -5.60. The minimum absolute atomic E-state index is 0.0155. The van der Waals surface area contributed by atoms with Gasteiger partial charge >= 0.3 is 23.7 Å². The molecule has 1 aromatic heterocycles. The van der Waals surface area contributed by atoms with Crippen LogP contribution in [0.25, 0.3) is 10.9 Å². The average molecular weight is 603 g/mol. The number of hydroxylamine groups is 2. The van der Waals surface area contributed by atoms with Crippen molar-refractivity contribution in [1.82, 2.24) is 10.0 Å². The Morgan fingerprint density at radius 1 is 0.951 bits per heavy atom. The Morgan fingerprint density at radius 3 is 2.12 bits per heavy atom. The van der Waals surface area contributed by atoms with Gasteiger partial charge in [-0.3, -0.25) is 9.78 Å². The molecule has 2 atom stereocenters. The molecule has 1 aliphatic heterocycles. The molecule has 0 N–H and O–H groups in total. The lowest BCUT2D eigenvalue weighted by Crippen LogP contribution is -2.45. The largest absolute Gasteiger partial charge is 0.501 e. The fourth-order valence-electron chi connectivity index (χ4n) is 4.53. The van der Waals surface area contributed by atoms with Crippen LogP contribution >= 0.6 is 0 Å². The van der Waals surface area contributed by atoms with E-state index in [0.29, 0.717) is 45.6 Å². The Morgan fingerprint density at radius 2 is 1.56 bits per heavy atom. The van der Waals surface area contributed by atoms with Gasteiger partial charge in [-0.05, 0) is 47.9 Å². The van der Waals surface area contributed by atoms with Crippen molar-refractivity contribution in [3.63, 3.8) is 0 Å². The molecular weight excluding hydrogens is 584 g/mol. The number of carbonyl (C=O) groups excluding carboxylic acids is 3. The summed E-state index contributed by atoms with van der Waals surface area (Å²) < 4.78 is 102. The van der Waals surface area contributed by atoms with Gasteiger partial charge in [0, 0.05) is 17.5 Å².